The third-order valence-corrected chi connectivity index (χ3v) is 2.93. The molecular weight excluding hydrogens is 265 g/mol. The highest BCUT2D eigenvalue weighted by molar-refractivity contribution is 6.30. The number of hydrogen-bond donors (Lipinski definition) is 1. The number of hydrogen-bond acceptors (Lipinski definition) is 1. The van der Waals surface area contributed by atoms with Gasteiger partial charge in [0.1, 0.15) is 5.82 Å². The summed E-state index contributed by atoms with van der Waals surface area (Å²) < 4.78 is 13.5. The fourth-order valence-corrected chi connectivity index (χ4v) is 1.84. The summed E-state index contributed by atoms with van der Waals surface area (Å²) in [5.41, 5.74) is 1.93. The van der Waals surface area contributed by atoms with Crippen molar-refractivity contribution in [2.24, 2.45) is 0 Å². The van der Waals surface area contributed by atoms with E-state index in [1.165, 1.54) is 6.07 Å². The fourth-order valence-electron chi connectivity index (χ4n) is 1.72. The number of carbonyl (C=O) groups excluding carboxylic acids is 1. The van der Waals surface area contributed by atoms with Gasteiger partial charge in [0, 0.05) is 5.02 Å². The molecule has 0 saturated carbocycles. The zero-order valence-electron chi connectivity index (χ0n) is 10.4. The number of nitrogens with one attached hydrogen (secondary N) is 1. The topological polar surface area (TPSA) is 29.1 Å². The number of benzene rings is 2. The number of rotatable bonds is 3. The first-order valence-electron chi connectivity index (χ1n) is 5.85. The Hall–Kier alpha value is -1.87. The second-order valence-corrected chi connectivity index (χ2v) is 4.77. The SMILES string of the molecule is Cc1ccc(F)c(NC(=O)Cc2ccc(Cl)cc2)c1. The lowest BCUT2D eigenvalue weighted by molar-refractivity contribution is -0.115. The first-order chi connectivity index (χ1) is 9.04. The molecule has 19 heavy (non-hydrogen) atoms. The summed E-state index contributed by atoms with van der Waals surface area (Å²) in [7, 11) is 0. The Morgan fingerprint density at radius 2 is 1.89 bits per heavy atom. The molecule has 0 bridgehead atoms. The maximum atomic E-state index is 13.5. The minimum atomic E-state index is -0.435. The van der Waals surface area contributed by atoms with E-state index in [1.807, 2.05) is 6.92 Å². The summed E-state index contributed by atoms with van der Waals surface area (Å²) in [6, 6.07) is 11.6. The molecule has 2 aromatic rings. The minimum absolute atomic E-state index is 0.185. The summed E-state index contributed by atoms with van der Waals surface area (Å²) in [6.07, 6.45) is 0.185. The van der Waals surface area contributed by atoms with Gasteiger partial charge in [0.05, 0.1) is 12.1 Å². The van der Waals surface area contributed by atoms with Gasteiger partial charge in [-0.05, 0) is 42.3 Å². The molecule has 1 N–H and O–H groups in total. The van der Waals surface area contributed by atoms with Gasteiger partial charge < -0.3 is 5.32 Å². The minimum Gasteiger partial charge on any atom is -0.323 e. The van der Waals surface area contributed by atoms with Crippen molar-refractivity contribution in [3.8, 4) is 0 Å². The van der Waals surface area contributed by atoms with Crippen molar-refractivity contribution in [3.63, 3.8) is 0 Å². The van der Waals surface area contributed by atoms with Gasteiger partial charge >= 0.3 is 0 Å². The lowest BCUT2D eigenvalue weighted by Crippen LogP contribution is -2.15. The van der Waals surface area contributed by atoms with E-state index < -0.39 is 5.82 Å². The molecule has 0 aliphatic heterocycles. The van der Waals surface area contributed by atoms with Crippen molar-refractivity contribution in [1.29, 1.82) is 0 Å². The smallest absolute Gasteiger partial charge is 0.228 e. The molecular formula is C15H13ClFNO. The van der Waals surface area contributed by atoms with Crippen LogP contribution < -0.4 is 5.32 Å². The number of aryl methyl sites for hydroxylation is 1. The van der Waals surface area contributed by atoms with Gasteiger partial charge in [-0.2, -0.15) is 0 Å². The van der Waals surface area contributed by atoms with Gasteiger partial charge in [-0.25, -0.2) is 4.39 Å². The zero-order valence-corrected chi connectivity index (χ0v) is 11.2. The van der Waals surface area contributed by atoms with E-state index in [1.54, 1.807) is 36.4 Å². The summed E-state index contributed by atoms with van der Waals surface area (Å²) >= 11 is 5.77. The Kier molecular flexibility index (Phi) is 4.17. The van der Waals surface area contributed by atoms with E-state index in [2.05, 4.69) is 5.32 Å². The largest absolute Gasteiger partial charge is 0.323 e. The van der Waals surface area contributed by atoms with Gasteiger partial charge in [-0.3, -0.25) is 4.79 Å². The average molecular weight is 278 g/mol. The molecule has 4 heteroatoms. The Bertz CT molecular complexity index is 596. The van der Waals surface area contributed by atoms with Gasteiger partial charge in [0.15, 0.2) is 0 Å². The van der Waals surface area contributed by atoms with Crippen LogP contribution in [0.3, 0.4) is 0 Å². The van der Waals surface area contributed by atoms with Crippen LogP contribution in [0, 0.1) is 12.7 Å². The third-order valence-electron chi connectivity index (χ3n) is 2.67. The highest BCUT2D eigenvalue weighted by atomic mass is 35.5. The lowest BCUT2D eigenvalue weighted by atomic mass is 10.1. The van der Waals surface area contributed by atoms with E-state index >= 15 is 0 Å². The molecule has 0 saturated heterocycles. The molecule has 0 atom stereocenters. The summed E-state index contributed by atoms with van der Waals surface area (Å²) in [6.45, 7) is 1.84. The molecule has 0 radical (unpaired) electrons. The molecule has 98 valence electrons. The molecule has 2 nitrogen and oxygen atoms in total. The van der Waals surface area contributed by atoms with Crippen LogP contribution in [0.15, 0.2) is 42.5 Å². The summed E-state index contributed by atoms with van der Waals surface area (Å²) in [4.78, 5) is 11.8. The number of amides is 1. The normalized spacial score (nSPS) is 10.3. The molecule has 1 amide bonds. The predicted molar refractivity (Wildman–Crippen MR) is 74.9 cm³/mol. The van der Waals surface area contributed by atoms with Crippen LogP contribution in [0.4, 0.5) is 10.1 Å². The Balaban J connectivity index is 2.05. The molecule has 0 heterocycles. The lowest BCUT2D eigenvalue weighted by Gasteiger charge is -2.07. The Labute approximate surface area is 116 Å². The standard InChI is InChI=1S/C15H13ClFNO/c1-10-2-7-13(17)14(8-10)18-15(19)9-11-3-5-12(16)6-4-11/h2-8H,9H2,1H3,(H,18,19). The maximum absolute atomic E-state index is 13.5. The van der Waals surface area contributed by atoms with Crippen LogP contribution in [0.5, 0.6) is 0 Å². The van der Waals surface area contributed by atoms with Crippen LogP contribution in [-0.2, 0) is 11.2 Å². The van der Waals surface area contributed by atoms with Gasteiger partial charge in [0.2, 0.25) is 5.91 Å². The van der Waals surface area contributed by atoms with Crippen molar-refractivity contribution >= 4 is 23.2 Å². The van der Waals surface area contributed by atoms with E-state index in [4.69, 9.17) is 11.6 Å². The molecule has 0 fully saturated rings. The highest BCUT2D eigenvalue weighted by Gasteiger charge is 2.08. The number of halogens is 2. The molecule has 0 aromatic heterocycles. The monoisotopic (exact) mass is 277 g/mol. The average Bonchev–Trinajstić information content (AvgIpc) is 2.37. The number of anilines is 1. The van der Waals surface area contributed by atoms with Crippen molar-refractivity contribution in [2.75, 3.05) is 5.32 Å². The second-order valence-electron chi connectivity index (χ2n) is 4.33. The molecule has 0 unspecified atom stereocenters. The number of carbonyl (C=O) groups is 1. The fraction of sp³-hybridized carbons (Fsp3) is 0.133. The van der Waals surface area contributed by atoms with E-state index in [-0.39, 0.29) is 18.0 Å². The summed E-state index contributed by atoms with van der Waals surface area (Å²) in [5.74, 6) is -0.693. The first kappa shape index (κ1) is 13.6. The van der Waals surface area contributed by atoms with Crippen molar-refractivity contribution in [2.45, 2.75) is 13.3 Å². The summed E-state index contributed by atoms with van der Waals surface area (Å²) in [5, 5.41) is 3.19. The van der Waals surface area contributed by atoms with Crippen LogP contribution in [-0.4, -0.2) is 5.91 Å². The molecule has 2 rings (SSSR count). The van der Waals surface area contributed by atoms with Gasteiger partial charge in [-0.15, -0.1) is 0 Å². The van der Waals surface area contributed by atoms with E-state index in [0.717, 1.165) is 11.1 Å². The third kappa shape index (κ3) is 3.80. The van der Waals surface area contributed by atoms with Gasteiger partial charge in [0.25, 0.3) is 0 Å². The van der Waals surface area contributed by atoms with Gasteiger partial charge in [-0.1, -0.05) is 29.8 Å². The van der Waals surface area contributed by atoms with Crippen LogP contribution in [0.1, 0.15) is 11.1 Å². The molecule has 0 spiro atoms. The van der Waals surface area contributed by atoms with E-state index in [9.17, 15) is 9.18 Å². The predicted octanol–water partition coefficient (Wildman–Crippen LogP) is 3.97. The quantitative estimate of drug-likeness (QED) is 0.904. The van der Waals surface area contributed by atoms with Crippen molar-refractivity contribution in [1.82, 2.24) is 0 Å². The molecule has 0 aliphatic rings. The Morgan fingerprint density at radius 3 is 2.58 bits per heavy atom. The maximum Gasteiger partial charge on any atom is 0.228 e. The zero-order chi connectivity index (χ0) is 13.8. The van der Waals surface area contributed by atoms with E-state index in [0.29, 0.717) is 5.02 Å². The molecule has 0 aliphatic carbocycles. The van der Waals surface area contributed by atoms with Crippen molar-refractivity contribution in [3.05, 3.63) is 64.4 Å². The second kappa shape index (κ2) is 5.85. The van der Waals surface area contributed by atoms with Crippen LogP contribution >= 0.6 is 11.6 Å². The molecule has 2 aromatic carbocycles. The van der Waals surface area contributed by atoms with Crippen molar-refractivity contribution < 1.29 is 9.18 Å². The van der Waals surface area contributed by atoms with Crippen LogP contribution in [0.25, 0.3) is 0 Å². The first-order valence-corrected chi connectivity index (χ1v) is 6.23. The highest BCUT2D eigenvalue weighted by Crippen LogP contribution is 2.16. The van der Waals surface area contributed by atoms with Crippen LogP contribution in [0.2, 0.25) is 5.02 Å². The Morgan fingerprint density at radius 1 is 1.21 bits per heavy atom.